The zero-order chi connectivity index (χ0) is 23.2. The number of carbonyl (C=O) groups is 2. The van der Waals surface area contributed by atoms with Gasteiger partial charge >= 0.3 is 0 Å². The Morgan fingerprint density at radius 3 is 2.67 bits per heavy atom. The van der Waals surface area contributed by atoms with Crippen molar-refractivity contribution in [2.75, 3.05) is 6.61 Å². The molecule has 6 aliphatic rings. The number of halogens is 1. The van der Waals surface area contributed by atoms with Gasteiger partial charge in [0.25, 0.3) is 0 Å². The second kappa shape index (κ2) is 7.51. The summed E-state index contributed by atoms with van der Waals surface area (Å²) in [6, 6.07) is 0. The van der Waals surface area contributed by atoms with E-state index >= 15 is 0 Å². The van der Waals surface area contributed by atoms with Gasteiger partial charge < -0.3 is 9.47 Å². The zero-order valence-corrected chi connectivity index (χ0v) is 21.0. The van der Waals surface area contributed by atoms with Crippen LogP contribution in [-0.2, 0) is 19.1 Å². The van der Waals surface area contributed by atoms with Gasteiger partial charge in [-0.3, -0.25) is 9.59 Å². The van der Waals surface area contributed by atoms with Crippen LogP contribution in [0.25, 0.3) is 0 Å². The molecular formula is C28H37ClO4. The van der Waals surface area contributed by atoms with Crippen molar-refractivity contribution in [3.63, 3.8) is 0 Å². The maximum Gasteiger partial charge on any atom is 0.162 e. The normalized spacial score (nSPS) is 50.4. The van der Waals surface area contributed by atoms with E-state index in [-0.39, 0.29) is 34.6 Å². The minimum atomic E-state index is -0.763. The minimum Gasteiger partial charge on any atom is -0.353 e. The molecule has 3 unspecified atom stereocenters. The number of hydrogen-bond donors (Lipinski definition) is 0. The predicted molar refractivity (Wildman–Crippen MR) is 126 cm³/mol. The first-order valence-electron chi connectivity index (χ1n) is 13.2. The van der Waals surface area contributed by atoms with E-state index in [1.807, 2.05) is 6.08 Å². The molecule has 0 aromatic heterocycles. The van der Waals surface area contributed by atoms with Crippen LogP contribution in [0.1, 0.15) is 78.6 Å². The Labute approximate surface area is 202 Å². The summed E-state index contributed by atoms with van der Waals surface area (Å²) in [7, 11) is 0. The van der Waals surface area contributed by atoms with Crippen LogP contribution in [0.5, 0.6) is 0 Å². The Bertz CT molecular complexity index is 948. The molecule has 0 aromatic rings. The molecule has 0 amide bonds. The number of ether oxygens (including phenoxy) is 2. The van der Waals surface area contributed by atoms with E-state index in [9.17, 15) is 9.59 Å². The molecule has 5 aliphatic carbocycles. The molecule has 0 bridgehead atoms. The molecule has 0 aromatic carbocycles. The standard InChI is InChI=1S/C28H37ClO4/c1-4-27-10-8-19-17(14-23(29)22-15-24(31)18-13-21(18)26(19,22)3)20(27)9-11-28(27,16(2)30)33-25-7-5-6-12-32-25/h14-15,17-21,25H,4-13H2,1-3H3/t17-,18?,19-,20+,21?,25?,26-,27+,28+/m1/s1. The number of fused-ring (bicyclic) bond motifs is 7. The molecule has 0 radical (unpaired) electrons. The van der Waals surface area contributed by atoms with Crippen molar-refractivity contribution in [2.45, 2.75) is 90.4 Å². The van der Waals surface area contributed by atoms with Crippen molar-refractivity contribution >= 4 is 23.2 Å². The van der Waals surface area contributed by atoms with Gasteiger partial charge in [0.05, 0.1) is 0 Å². The Balaban J connectivity index is 1.40. The molecule has 1 saturated heterocycles. The molecule has 9 atom stereocenters. The number of Topliss-reactive ketones (excluding diaryl/α,β-unsaturated/α-hetero) is 1. The highest BCUT2D eigenvalue weighted by molar-refractivity contribution is 6.32. The average Bonchev–Trinajstić information content (AvgIpc) is 3.55. The molecule has 6 rings (SSSR count). The van der Waals surface area contributed by atoms with Gasteiger partial charge in [-0.1, -0.05) is 31.5 Å². The third kappa shape index (κ3) is 2.84. The molecule has 0 spiro atoms. The Morgan fingerprint density at radius 1 is 1.18 bits per heavy atom. The van der Waals surface area contributed by atoms with Crippen LogP contribution in [-0.4, -0.2) is 30.1 Å². The van der Waals surface area contributed by atoms with Crippen LogP contribution in [0, 0.1) is 40.4 Å². The van der Waals surface area contributed by atoms with Crippen molar-refractivity contribution in [1.29, 1.82) is 0 Å². The maximum absolute atomic E-state index is 13.4. The van der Waals surface area contributed by atoms with Crippen molar-refractivity contribution in [3.8, 4) is 0 Å². The summed E-state index contributed by atoms with van der Waals surface area (Å²) in [6.45, 7) is 7.08. The van der Waals surface area contributed by atoms with E-state index in [1.165, 1.54) is 0 Å². The van der Waals surface area contributed by atoms with Crippen molar-refractivity contribution in [3.05, 3.63) is 22.8 Å². The first-order valence-corrected chi connectivity index (χ1v) is 13.6. The SMILES string of the molecule is CC[C@]12CC[C@@H]3[C@@H](C=C(Cl)C4=CC(=O)C5CC5[C@]43C)[C@@H]1CC[C@]2(OC1CCCCO1)C(C)=O. The molecule has 1 heterocycles. The second-order valence-electron chi connectivity index (χ2n) is 11.9. The number of allylic oxidation sites excluding steroid dienone is 4. The topological polar surface area (TPSA) is 52.6 Å². The smallest absolute Gasteiger partial charge is 0.162 e. The third-order valence-corrected chi connectivity index (χ3v) is 11.3. The summed E-state index contributed by atoms with van der Waals surface area (Å²) in [5, 5.41) is 0.779. The lowest BCUT2D eigenvalue weighted by atomic mass is 9.46. The van der Waals surface area contributed by atoms with E-state index < -0.39 is 5.60 Å². The van der Waals surface area contributed by atoms with E-state index in [2.05, 4.69) is 19.9 Å². The summed E-state index contributed by atoms with van der Waals surface area (Å²) < 4.78 is 12.7. The summed E-state index contributed by atoms with van der Waals surface area (Å²) in [5.74, 6) is 2.26. The van der Waals surface area contributed by atoms with Crippen LogP contribution in [0.15, 0.2) is 22.8 Å². The van der Waals surface area contributed by atoms with Crippen LogP contribution in [0.2, 0.25) is 0 Å². The van der Waals surface area contributed by atoms with Gasteiger partial charge in [0, 0.05) is 28.4 Å². The van der Waals surface area contributed by atoms with Gasteiger partial charge in [0.15, 0.2) is 17.9 Å². The van der Waals surface area contributed by atoms with Gasteiger partial charge in [-0.15, -0.1) is 0 Å². The molecule has 3 saturated carbocycles. The van der Waals surface area contributed by atoms with E-state index in [0.29, 0.717) is 23.7 Å². The quantitative estimate of drug-likeness (QED) is 0.505. The monoisotopic (exact) mass is 472 g/mol. The van der Waals surface area contributed by atoms with Crippen molar-refractivity contribution < 1.29 is 19.1 Å². The summed E-state index contributed by atoms with van der Waals surface area (Å²) in [5.41, 5.74) is 0.117. The third-order valence-electron chi connectivity index (χ3n) is 11.0. The fourth-order valence-electron chi connectivity index (χ4n) is 9.32. The predicted octanol–water partition coefficient (Wildman–Crippen LogP) is 5.98. The molecule has 4 fully saturated rings. The Hall–Kier alpha value is -0.970. The van der Waals surface area contributed by atoms with Crippen LogP contribution in [0.4, 0.5) is 0 Å². The number of hydrogen-bond acceptors (Lipinski definition) is 4. The fourth-order valence-corrected chi connectivity index (χ4v) is 9.73. The lowest BCUT2D eigenvalue weighted by molar-refractivity contribution is -0.255. The molecule has 4 nitrogen and oxygen atoms in total. The van der Waals surface area contributed by atoms with Crippen molar-refractivity contribution in [1.82, 2.24) is 0 Å². The van der Waals surface area contributed by atoms with Crippen molar-refractivity contribution in [2.24, 2.45) is 40.4 Å². The lowest BCUT2D eigenvalue weighted by Gasteiger charge is -2.59. The lowest BCUT2D eigenvalue weighted by Crippen LogP contribution is -2.60. The van der Waals surface area contributed by atoms with Gasteiger partial charge in [0.2, 0.25) is 0 Å². The minimum absolute atomic E-state index is 0.0240. The highest BCUT2D eigenvalue weighted by Crippen LogP contribution is 2.73. The summed E-state index contributed by atoms with van der Waals surface area (Å²) >= 11 is 6.94. The van der Waals surface area contributed by atoms with Gasteiger partial charge in [-0.25, -0.2) is 0 Å². The Morgan fingerprint density at radius 2 is 1.97 bits per heavy atom. The highest BCUT2D eigenvalue weighted by atomic mass is 35.5. The molecule has 33 heavy (non-hydrogen) atoms. The first-order chi connectivity index (χ1) is 15.8. The number of rotatable bonds is 4. The maximum atomic E-state index is 13.4. The van der Waals surface area contributed by atoms with Gasteiger partial charge in [-0.2, -0.15) is 0 Å². The van der Waals surface area contributed by atoms with E-state index in [1.54, 1.807) is 6.92 Å². The van der Waals surface area contributed by atoms with Gasteiger partial charge in [0.1, 0.15) is 5.60 Å². The second-order valence-corrected chi connectivity index (χ2v) is 12.3. The van der Waals surface area contributed by atoms with Crippen LogP contribution >= 0.6 is 11.6 Å². The van der Waals surface area contributed by atoms with E-state index in [4.69, 9.17) is 21.1 Å². The molecular weight excluding hydrogens is 436 g/mol. The molecule has 1 aliphatic heterocycles. The molecule has 180 valence electrons. The number of ketones is 2. The fraction of sp³-hybridized carbons (Fsp3) is 0.786. The largest absolute Gasteiger partial charge is 0.353 e. The zero-order valence-electron chi connectivity index (χ0n) is 20.2. The summed E-state index contributed by atoms with van der Waals surface area (Å²) in [4.78, 5) is 25.9. The average molecular weight is 473 g/mol. The molecule has 5 heteroatoms. The molecule has 0 N–H and O–H groups in total. The highest BCUT2D eigenvalue weighted by Gasteiger charge is 2.71. The van der Waals surface area contributed by atoms with Crippen LogP contribution in [0.3, 0.4) is 0 Å². The number of carbonyl (C=O) groups excluding carboxylic acids is 2. The Kier molecular flexibility index (Phi) is 5.12. The first kappa shape index (κ1) is 22.5. The summed E-state index contributed by atoms with van der Waals surface area (Å²) in [6.07, 6.45) is 12.7. The van der Waals surface area contributed by atoms with Gasteiger partial charge in [-0.05, 0) is 100 Å². The van der Waals surface area contributed by atoms with E-state index in [0.717, 1.165) is 75.0 Å². The van der Waals surface area contributed by atoms with Crippen LogP contribution < -0.4 is 0 Å².